The van der Waals surface area contributed by atoms with Gasteiger partial charge in [0.2, 0.25) is 0 Å². The second-order valence-electron chi connectivity index (χ2n) is 8.54. The fourth-order valence-electron chi connectivity index (χ4n) is 4.41. The van der Waals surface area contributed by atoms with E-state index in [0.717, 1.165) is 49.1 Å². The van der Waals surface area contributed by atoms with E-state index in [1.165, 1.54) is 30.7 Å². The first kappa shape index (κ1) is 22.8. The molecule has 2 aliphatic heterocycles. The summed E-state index contributed by atoms with van der Waals surface area (Å²) in [4.78, 5) is 4.88. The van der Waals surface area contributed by atoms with Crippen molar-refractivity contribution in [2.75, 3.05) is 39.3 Å². The fourth-order valence-corrected chi connectivity index (χ4v) is 4.54. The minimum absolute atomic E-state index is 0.152. The molecule has 0 spiro atoms. The van der Waals surface area contributed by atoms with E-state index in [-0.39, 0.29) is 11.9 Å². The largest absolute Gasteiger partial charge is 0.492 e. The van der Waals surface area contributed by atoms with Gasteiger partial charge in [0.1, 0.15) is 18.2 Å². The summed E-state index contributed by atoms with van der Waals surface area (Å²) in [6.45, 7) is 5.59. The average molecular weight is 456 g/mol. The monoisotopic (exact) mass is 455 g/mol. The molecule has 4 nitrogen and oxygen atoms in total. The quantitative estimate of drug-likeness (QED) is 0.606. The van der Waals surface area contributed by atoms with Gasteiger partial charge >= 0.3 is 0 Å². The summed E-state index contributed by atoms with van der Waals surface area (Å²) in [6.07, 6.45) is 8.77. The smallest absolute Gasteiger partial charge is 0.123 e. The normalized spacial score (nSPS) is 18.5. The molecule has 0 aromatic heterocycles. The van der Waals surface area contributed by atoms with Crippen LogP contribution >= 0.6 is 11.6 Å². The summed E-state index contributed by atoms with van der Waals surface area (Å²) in [6, 6.07) is 13.9. The van der Waals surface area contributed by atoms with E-state index in [0.29, 0.717) is 12.5 Å². The topological polar surface area (TPSA) is 41.7 Å². The molecule has 0 aliphatic carbocycles. The second kappa shape index (κ2) is 11.0. The van der Waals surface area contributed by atoms with Crippen molar-refractivity contribution < 1.29 is 9.13 Å². The van der Waals surface area contributed by atoms with Gasteiger partial charge in [-0.3, -0.25) is 4.90 Å². The van der Waals surface area contributed by atoms with Crippen LogP contribution in [-0.4, -0.2) is 49.1 Å². The predicted octanol–water partition coefficient (Wildman–Crippen LogP) is 5.03. The van der Waals surface area contributed by atoms with E-state index in [4.69, 9.17) is 22.1 Å². The Bertz CT molecular complexity index is 921. The van der Waals surface area contributed by atoms with Crippen LogP contribution in [0.3, 0.4) is 0 Å². The van der Waals surface area contributed by atoms with Crippen LogP contribution in [0.2, 0.25) is 5.02 Å². The lowest BCUT2D eigenvalue weighted by Crippen LogP contribution is -2.41. The number of nitrogens with zero attached hydrogens (tertiary/aromatic N) is 2. The fraction of sp³-hybridized carbons (Fsp3) is 0.385. The van der Waals surface area contributed by atoms with Crippen molar-refractivity contribution in [1.82, 2.24) is 9.80 Å². The van der Waals surface area contributed by atoms with E-state index in [1.54, 1.807) is 12.1 Å². The molecule has 1 fully saturated rings. The van der Waals surface area contributed by atoms with Crippen LogP contribution in [0, 0.1) is 11.7 Å². The van der Waals surface area contributed by atoms with Crippen LogP contribution in [0.1, 0.15) is 24.4 Å². The lowest BCUT2D eigenvalue weighted by Gasteiger charge is -2.38. The van der Waals surface area contributed by atoms with E-state index in [1.807, 2.05) is 24.3 Å². The lowest BCUT2D eigenvalue weighted by atomic mass is 9.94. The van der Waals surface area contributed by atoms with Gasteiger partial charge in [0, 0.05) is 30.4 Å². The van der Waals surface area contributed by atoms with E-state index >= 15 is 0 Å². The van der Waals surface area contributed by atoms with Crippen LogP contribution in [-0.2, 0) is 0 Å². The Kier molecular flexibility index (Phi) is 7.85. The van der Waals surface area contributed by atoms with Crippen molar-refractivity contribution in [2.45, 2.75) is 18.9 Å². The molecule has 0 unspecified atom stereocenters. The molecule has 1 saturated heterocycles. The van der Waals surface area contributed by atoms with Gasteiger partial charge in [-0.1, -0.05) is 35.9 Å². The first-order chi connectivity index (χ1) is 15.6. The third-order valence-electron chi connectivity index (χ3n) is 6.32. The first-order valence-electron chi connectivity index (χ1n) is 11.3. The highest BCUT2D eigenvalue weighted by atomic mass is 35.5. The lowest BCUT2D eigenvalue weighted by molar-refractivity contribution is 0.138. The minimum Gasteiger partial charge on any atom is -0.492 e. The molecule has 2 N–H and O–H groups in total. The summed E-state index contributed by atoms with van der Waals surface area (Å²) >= 11 is 6.04. The Hall–Kier alpha value is -2.34. The molecule has 0 bridgehead atoms. The van der Waals surface area contributed by atoms with Crippen LogP contribution in [0.15, 0.2) is 72.5 Å². The van der Waals surface area contributed by atoms with Crippen molar-refractivity contribution in [3.05, 3.63) is 88.9 Å². The van der Waals surface area contributed by atoms with E-state index in [2.05, 4.69) is 28.0 Å². The van der Waals surface area contributed by atoms with Crippen molar-refractivity contribution in [3.63, 3.8) is 0 Å². The number of nitrogens with two attached hydrogens (primary N) is 1. The number of hydrogen-bond acceptors (Lipinski definition) is 4. The number of hydrogen-bond donors (Lipinski definition) is 1. The molecule has 2 aromatic rings. The zero-order chi connectivity index (χ0) is 22.3. The summed E-state index contributed by atoms with van der Waals surface area (Å²) in [5, 5.41) is 0.727. The molecule has 0 radical (unpaired) electrons. The Morgan fingerprint density at radius 2 is 1.78 bits per heavy atom. The number of ether oxygens (including phenoxy) is 1. The van der Waals surface area contributed by atoms with E-state index < -0.39 is 0 Å². The number of halogens is 2. The highest BCUT2D eigenvalue weighted by Crippen LogP contribution is 2.28. The number of piperidine rings is 1. The third kappa shape index (κ3) is 6.12. The Morgan fingerprint density at radius 1 is 1.06 bits per heavy atom. The molecular formula is C26H31ClFN3O. The molecular weight excluding hydrogens is 425 g/mol. The van der Waals surface area contributed by atoms with Gasteiger partial charge in [-0.25, -0.2) is 4.39 Å². The highest BCUT2D eigenvalue weighted by molar-refractivity contribution is 6.30. The van der Waals surface area contributed by atoms with Gasteiger partial charge in [-0.2, -0.15) is 0 Å². The van der Waals surface area contributed by atoms with Crippen molar-refractivity contribution in [2.24, 2.45) is 11.7 Å². The first-order valence-corrected chi connectivity index (χ1v) is 11.7. The van der Waals surface area contributed by atoms with Gasteiger partial charge < -0.3 is 15.4 Å². The molecule has 0 amide bonds. The van der Waals surface area contributed by atoms with Gasteiger partial charge in [0.25, 0.3) is 0 Å². The number of rotatable bonds is 8. The minimum atomic E-state index is -0.240. The number of allylic oxidation sites excluding steroid dienone is 2. The van der Waals surface area contributed by atoms with E-state index in [9.17, 15) is 4.39 Å². The third-order valence-corrected chi connectivity index (χ3v) is 6.57. The SMILES string of the molecule is N[C@@H](C1=CC=CCN1CC1CCN(CCOc2ccc(F)cc2)CC1)c1ccc(Cl)cc1. The Balaban J connectivity index is 1.24. The molecule has 6 heteroatoms. The van der Waals surface area contributed by atoms with Crippen LogP contribution in [0.25, 0.3) is 0 Å². The Labute approximate surface area is 195 Å². The van der Waals surface area contributed by atoms with Crippen molar-refractivity contribution in [1.29, 1.82) is 0 Å². The van der Waals surface area contributed by atoms with Crippen molar-refractivity contribution >= 4 is 11.6 Å². The maximum atomic E-state index is 13.0. The molecule has 0 saturated carbocycles. The summed E-state index contributed by atoms with van der Waals surface area (Å²) in [5.74, 6) is 1.13. The molecule has 2 aromatic carbocycles. The average Bonchev–Trinajstić information content (AvgIpc) is 2.82. The molecule has 170 valence electrons. The maximum absolute atomic E-state index is 13.0. The highest BCUT2D eigenvalue weighted by Gasteiger charge is 2.25. The van der Waals surface area contributed by atoms with Crippen molar-refractivity contribution in [3.8, 4) is 5.75 Å². The van der Waals surface area contributed by atoms with Gasteiger partial charge in [0.05, 0.1) is 6.04 Å². The molecule has 2 heterocycles. The van der Waals surface area contributed by atoms with Gasteiger partial charge in [-0.15, -0.1) is 0 Å². The molecule has 2 aliphatic rings. The number of likely N-dealkylation sites (tertiary alicyclic amines) is 1. The summed E-state index contributed by atoms with van der Waals surface area (Å²) in [7, 11) is 0. The maximum Gasteiger partial charge on any atom is 0.123 e. The second-order valence-corrected chi connectivity index (χ2v) is 8.98. The predicted molar refractivity (Wildman–Crippen MR) is 128 cm³/mol. The molecule has 4 rings (SSSR count). The zero-order valence-electron chi connectivity index (χ0n) is 18.3. The molecule has 32 heavy (non-hydrogen) atoms. The standard InChI is InChI=1S/C26H31ClFN3O/c27-22-6-4-21(5-7-22)26(29)25-3-1-2-14-31(25)19-20-12-15-30(16-13-20)17-18-32-24-10-8-23(28)9-11-24/h1-11,20,26H,12-19,29H2/t26-/m1/s1. The van der Waals surface area contributed by atoms with Crippen LogP contribution < -0.4 is 10.5 Å². The number of benzene rings is 2. The Morgan fingerprint density at radius 3 is 2.50 bits per heavy atom. The zero-order valence-corrected chi connectivity index (χ0v) is 19.1. The van der Waals surface area contributed by atoms with Gasteiger partial charge in [0.15, 0.2) is 0 Å². The molecule has 1 atom stereocenters. The summed E-state index contributed by atoms with van der Waals surface area (Å²) in [5.41, 5.74) is 8.87. The van der Waals surface area contributed by atoms with Crippen LogP contribution in [0.4, 0.5) is 4.39 Å². The van der Waals surface area contributed by atoms with Crippen LogP contribution in [0.5, 0.6) is 5.75 Å². The van der Waals surface area contributed by atoms with Gasteiger partial charge in [-0.05, 0) is 79.9 Å². The summed E-state index contributed by atoms with van der Waals surface area (Å²) < 4.78 is 18.7.